The zero-order chi connectivity index (χ0) is 14.1. The second-order valence-corrected chi connectivity index (χ2v) is 4.99. The molecule has 0 saturated heterocycles. The lowest BCUT2D eigenvalue weighted by molar-refractivity contribution is 0.102. The van der Waals surface area contributed by atoms with Crippen LogP contribution in [-0.4, -0.2) is 12.5 Å². The van der Waals surface area contributed by atoms with Crippen LogP contribution in [-0.2, 0) is 6.42 Å². The minimum Gasteiger partial charge on any atom is -0.384 e. The first-order valence-electron chi connectivity index (χ1n) is 6.58. The Morgan fingerprint density at radius 2 is 2.10 bits per heavy atom. The lowest BCUT2D eigenvalue weighted by Gasteiger charge is -2.08. The SMILES string of the molecule is Cc1ccc(NC(=O)c2ccc3c(c2)CCN3)c(F)c1. The average molecular weight is 270 g/mol. The second kappa shape index (κ2) is 4.96. The molecule has 1 amide bonds. The van der Waals surface area contributed by atoms with Gasteiger partial charge in [0.15, 0.2) is 0 Å². The Hall–Kier alpha value is -2.36. The van der Waals surface area contributed by atoms with Crippen molar-refractivity contribution in [1.82, 2.24) is 0 Å². The number of anilines is 2. The molecule has 0 radical (unpaired) electrons. The van der Waals surface area contributed by atoms with E-state index in [4.69, 9.17) is 0 Å². The maximum atomic E-state index is 13.7. The van der Waals surface area contributed by atoms with E-state index in [2.05, 4.69) is 10.6 Å². The lowest BCUT2D eigenvalue weighted by Crippen LogP contribution is -2.13. The number of nitrogens with one attached hydrogen (secondary N) is 2. The summed E-state index contributed by atoms with van der Waals surface area (Å²) in [6.45, 7) is 2.70. The number of aryl methyl sites for hydroxylation is 1. The van der Waals surface area contributed by atoms with E-state index in [0.29, 0.717) is 5.56 Å². The molecule has 0 atom stereocenters. The lowest BCUT2D eigenvalue weighted by atomic mass is 10.1. The van der Waals surface area contributed by atoms with E-state index in [-0.39, 0.29) is 11.6 Å². The predicted octanol–water partition coefficient (Wildman–Crippen LogP) is 3.35. The fourth-order valence-electron chi connectivity index (χ4n) is 2.36. The van der Waals surface area contributed by atoms with Gasteiger partial charge in [0.2, 0.25) is 0 Å². The number of fused-ring (bicyclic) bond motifs is 1. The highest BCUT2D eigenvalue weighted by molar-refractivity contribution is 6.04. The molecule has 0 aliphatic carbocycles. The van der Waals surface area contributed by atoms with Gasteiger partial charge < -0.3 is 10.6 Å². The molecule has 1 heterocycles. The molecule has 3 nitrogen and oxygen atoms in total. The zero-order valence-electron chi connectivity index (χ0n) is 11.2. The molecule has 102 valence electrons. The second-order valence-electron chi connectivity index (χ2n) is 4.99. The van der Waals surface area contributed by atoms with Crippen LogP contribution in [0.25, 0.3) is 0 Å². The quantitative estimate of drug-likeness (QED) is 0.878. The van der Waals surface area contributed by atoms with Crippen molar-refractivity contribution < 1.29 is 9.18 Å². The van der Waals surface area contributed by atoms with Crippen molar-refractivity contribution in [3.05, 3.63) is 58.9 Å². The number of hydrogen-bond donors (Lipinski definition) is 2. The molecule has 2 aromatic carbocycles. The smallest absolute Gasteiger partial charge is 0.255 e. The molecule has 20 heavy (non-hydrogen) atoms. The van der Waals surface area contributed by atoms with Gasteiger partial charge >= 0.3 is 0 Å². The van der Waals surface area contributed by atoms with E-state index in [1.807, 2.05) is 19.1 Å². The average Bonchev–Trinajstić information content (AvgIpc) is 2.89. The number of amides is 1. The third-order valence-electron chi connectivity index (χ3n) is 3.45. The fraction of sp³-hybridized carbons (Fsp3) is 0.188. The van der Waals surface area contributed by atoms with E-state index >= 15 is 0 Å². The van der Waals surface area contributed by atoms with Crippen molar-refractivity contribution in [2.45, 2.75) is 13.3 Å². The molecule has 0 bridgehead atoms. The van der Waals surface area contributed by atoms with Gasteiger partial charge in [-0.15, -0.1) is 0 Å². The van der Waals surface area contributed by atoms with Crippen molar-refractivity contribution >= 4 is 17.3 Å². The first-order valence-corrected chi connectivity index (χ1v) is 6.58. The highest BCUT2D eigenvalue weighted by atomic mass is 19.1. The highest BCUT2D eigenvalue weighted by Crippen LogP contribution is 2.24. The summed E-state index contributed by atoms with van der Waals surface area (Å²) in [6.07, 6.45) is 0.912. The van der Waals surface area contributed by atoms with Gasteiger partial charge in [-0.25, -0.2) is 4.39 Å². The molecular weight excluding hydrogens is 255 g/mol. The van der Waals surface area contributed by atoms with Crippen LogP contribution in [0.1, 0.15) is 21.5 Å². The van der Waals surface area contributed by atoms with Crippen LogP contribution in [0.4, 0.5) is 15.8 Å². The van der Waals surface area contributed by atoms with Gasteiger partial charge in [-0.2, -0.15) is 0 Å². The van der Waals surface area contributed by atoms with Crippen molar-refractivity contribution in [1.29, 1.82) is 0 Å². The molecular formula is C16H15FN2O. The van der Waals surface area contributed by atoms with Crippen LogP contribution < -0.4 is 10.6 Å². The molecule has 0 spiro atoms. The highest BCUT2D eigenvalue weighted by Gasteiger charge is 2.14. The monoisotopic (exact) mass is 270 g/mol. The molecule has 2 aromatic rings. The molecule has 1 aliphatic heterocycles. The number of carbonyl (C=O) groups is 1. The van der Waals surface area contributed by atoms with Gasteiger partial charge in [-0.3, -0.25) is 4.79 Å². The molecule has 0 unspecified atom stereocenters. The van der Waals surface area contributed by atoms with Crippen LogP contribution in [0, 0.1) is 12.7 Å². The van der Waals surface area contributed by atoms with Crippen molar-refractivity contribution in [2.75, 3.05) is 17.2 Å². The van der Waals surface area contributed by atoms with E-state index < -0.39 is 5.82 Å². The zero-order valence-corrected chi connectivity index (χ0v) is 11.2. The van der Waals surface area contributed by atoms with Gasteiger partial charge in [-0.1, -0.05) is 6.07 Å². The van der Waals surface area contributed by atoms with Crippen molar-refractivity contribution in [3.8, 4) is 0 Å². The van der Waals surface area contributed by atoms with Gasteiger partial charge in [0.05, 0.1) is 5.69 Å². The van der Waals surface area contributed by atoms with Crippen molar-refractivity contribution in [3.63, 3.8) is 0 Å². The largest absolute Gasteiger partial charge is 0.384 e. The number of halogens is 1. The topological polar surface area (TPSA) is 41.1 Å². The third kappa shape index (κ3) is 2.37. The molecule has 0 saturated carbocycles. The Bertz CT molecular complexity index is 682. The first-order chi connectivity index (χ1) is 9.63. The van der Waals surface area contributed by atoms with Crippen LogP contribution in [0.5, 0.6) is 0 Å². The first kappa shape index (κ1) is 12.7. The third-order valence-corrected chi connectivity index (χ3v) is 3.45. The van der Waals surface area contributed by atoms with Crippen LogP contribution in [0.2, 0.25) is 0 Å². The molecule has 0 aromatic heterocycles. The van der Waals surface area contributed by atoms with Crippen LogP contribution >= 0.6 is 0 Å². The minimum atomic E-state index is -0.416. The van der Waals surface area contributed by atoms with Gasteiger partial charge in [-0.05, 0) is 54.8 Å². The standard InChI is InChI=1S/C16H15FN2O/c1-10-2-4-15(13(17)8-10)19-16(20)12-3-5-14-11(9-12)6-7-18-14/h2-5,8-9,18H,6-7H2,1H3,(H,19,20). The Morgan fingerprint density at radius 1 is 1.25 bits per heavy atom. The number of benzene rings is 2. The summed E-state index contributed by atoms with van der Waals surface area (Å²) < 4.78 is 13.7. The predicted molar refractivity (Wildman–Crippen MR) is 77.7 cm³/mol. The Morgan fingerprint density at radius 3 is 2.90 bits per heavy atom. The minimum absolute atomic E-state index is 0.208. The maximum Gasteiger partial charge on any atom is 0.255 e. The fourth-order valence-corrected chi connectivity index (χ4v) is 2.36. The van der Waals surface area contributed by atoms with E-state index in [1.54, 1.807) is 18.2 Å². The number of hydrogen-bond acceptors (Lipinski definition) is 2. The van der Waals surface area contributed by atoms with Crippen LogP contribution in [0.15, 0.2) is 36.4 Å². The van der Waals surface area contributed by atoms with E-state index in [0.717, 1.165) is 29.8 Å². The van der Waals surface area contributed by atoms with Gasteiger partial charge in [0.25, 0.3) is 5.91 Å². The summed E-state index contributed by atoms with van der Waals surface area (Å²) in [5.74, 6) is -0.705. The summed E-state index contributed by atoms with van der Waals surface area (Å²) >= 11 is 0. The normalized spacial score (nSPS) is 12.7. The number of carbonyl (C=O) groups excluding carboxylic acids is 1. The van der Waals surface area contributed by atoms with Crippen LogP contribution in [0.3, 0.4) is 0 Å². The number of rotatable bonds is 2. The molecule has 0 fully saturated rings. The summed E-state index contributed by atoms with van der Waals surface area (Å²) in [4.78, 5) is 12.2. The molecule has 2 N–H and O–H groups in total. The van der Waals surface area contributed by atoms with Crippen molar-refractivity contribution in [2.24, 2.45) is 0 Å². The summed E-state index contributed by atoms with van der Waals surface area (Å²) in [5.41, 5.74) is 3.78. The Kier molecular flexibility index (Phi) is 3.14. The van der Waals surface area contributed by atoms with E-state index in [9.17, 15) is 9.18 Å². The van der Waals surface area contributed by atoms with Gasteiger partial charge in [0, 0.05) is 17.8 Å². The molecule has 4 heteroatoms. The summed E-state index contributed by atoms with van der Waals surface area (Å²) in [6, 6.07) is 10.3. The molecule has 1 aliphatic rings. The van der Waals surface area contributed by atoms with Gasteiger partial charge in [0.1, 0.15) is 5.82 Å². The Balaban J connectivity index is 1.82. The van der Waals surface area contributed by atoms with E-state index in [1.165, 1.54) is 6.07 Å². The maximum absolute atomic E-state index is 13.7. The summed E-state index contributed by atoms with van der Waals surface area (Å²) in [5, 5.41) is 5.85. The molecule has 3 rings (SSSR count). The summed E-state index contributed by atoms with van der Waals surface area (Å²) in [7, 11) is 0. The Labute approximate surface area is 116 Å².